The summed E-state index contributed by atoms with van der Waals surface area (Å²) in [4.78, 5) is 11.3. The smallest absolute Gasteiger partial charge is 0.266 e. The fraction of sp³-hybridized carbons (Fsp3) is 0.708. The SMILES string of the molecule is CC(=O)Cc1ccc(CCC2CCC(C3CCC(C)CC3)OC2)c(C(F)F)c1F. The molecule has 2 aliphatic rings. The van der Waals surface area contributed by atoms with Crippen LogP contribution in [0.3, 0.4) is 0 Å². The molecule has 1 aliphatic carbocycles. The van der Waals surface area contributed by atoms with E-state index in [2.05, 4.69) is 6.92 Å². The van der Waals surface area contributed by atoms with Crippen molar-refractivity contribution < 1.29 is 22.7 Å². The molecule has 1 aromatic carbocycles. The van der Waals surface area contributed by atoms with Gasteiger partial charge in [0, 0.05) is 13.0 Å². The van der Waals surface area contributed by atoms with E-state index < -0.39 is 17.8 Å². The van der Waals surface area contributed by atoms with Crippen LogP contribution in [0, 0.1) is 23.6 Å². The van der Waals surface area contributed by atoms with E-state index in [0.29, 0.717) is 36.5 Å². The molecule has 0 N–H and O–H groups in total. The Labute approximate surface area is 172 Å². The third-order valence-electron chi connectivity index (χ3n) is 6.82. The van der Waals surface area contributed by atoms with Crippen molar-refractivity contribution in [2.75, 3.05) is 6.61 Å². The van der Waals surface area contributed by atoms with Crippen LogP contribution >= 0.6 is 0 Å². The van der Waals surface area contributed by atoms with Gasteiger partial charge in [-0.05, 0) is 74.3 Å². The molecule has 3 rings (SSSR count). The highest BCUT2D eigenvalue weighted by atomic mass is 19.3. The summed E-state index contributed by atoms with van der Waals surface area (Å²) < 4.78 is 47.7. The van der Waals surface area contributed by atoms with Gasteiger partial charge in [0.05, 0.1) is 11.7 Å². The lowest BCUT2D eigenvalue weighted by atomic mass is 9.77. The average molecular weight is 411 g/mol. The van der Waals surface area contributed by atoms with Crippen LogP contribution in [0.15, 0.2) is 12.1 Å². The number of halogens is 3. The van der Waals surface area contributed by atoms with Gasteiger partial charge in [0.1, 0.15) is 11.6 Å². The number of carbonyl (C=O) groups is 1. The van der Waals surface area contributed by atoms with Gasteiger partial charge in [0.2, 0.25) is 0 Å². The standard InChI is InChI=1S/C24H33F3O2/c1-15-3-7-18(8-4-15)21-12-6-17(14-29-21)5-9-19-10-11-20(13-16(2)28)23(25)22(19)24(26)27/h10-11,15,17-18,21,24H,3-9,12-14H2,1-2H3. The topological polar surface area (TPSA) is 26.3 Å². The van der Waals surface area contributed by atoms with E-state index in [9.17, 15) is 18.0 Å². The summed E-state index contributed by atoms with van der Waals surface area (Å²) in [6.45, 7) is 4.32. The Morgan fingerprint density at radius 3 is 2.38 bits per heavy atom. The van der Waals surface area contributed by atoms with Crippen molar-refractivity contribution in [3.63, 3.8) is 0 Å². The molecule has 2 nitrogen and oxygen atoms in total. The van der Waals surface area contributed by atoms with E-state index in [4.69, 9.17) is 4.74 Å². The molecule has 1 saturated heterocycles. The molecule has 0 spiro atoms. The fourth-order valence-corrected chi connectivity index (χ4v) is 4.98. The first-order valence-electron chi connectivity index (χ1n) is 11.0. The van der Waals surface area contributed by atoms with Crippen molar-refractivity contribution in [1.29, 1.82) is 0 Å². The normalized spacial score (nSPS) is 27.9. The molecule has 0 radical (unpaired) electrons. The maximum Gasteiger partial charge on any atom is 0.266 e. The number of benzene rings is 1. The summed E-state index contributed by atoms with van der Waals surface area (Å²) >= 11 is 0. The molecule has 1 aromatic rings. The molecule has 2 unspecified atom stereocenters. The molecule has 1 saturated carbocycles. The minimum atomic E-state index is -2.88. The third-order valence-corrected chi connectivity index (χ3v) is 6.82. The Balaban J connectivity index is 1.55. The van der Waals surface area contributed by atoms with Gasteiger partial charge in [-0.1, -0.05) is 31.9 Å². The molecule has 0 amide bonds. The summed E-state index contributed by atoms with van der Waals surface area (Å²) in [6.07, 6.45) is 5.62. The number of carbonyl (C=O) groups excluding carboxylic acids is 1. The lowest BCUT2D eigenvalue weighted by molar-refractivity contribution is -0.116. The lowest BCUT2D eigenvalue weighted by Crippen LogP contribution is -2.34. The van der Waals surface area contributed by atoms with Gasteiger partial charge in [-0.2, -0.15) is 0 Å². The highest BCUT2D eigenvalue weighted by molar-refractivity contribution is 5.78. The zero-order chi connectivity index (χ0) is 21.0. The Morgan fingerprint density at radius 1 is 1.10 bits per heavy atom. The second kappa shape index (κ2) is 10.1. The molecule has 0 bridgehead atoms. The first-order valence-corrected chi connectivity index (χ1v) is 11.0. The van der Waals surface area contributed by atoms with E-state index in [1.54, 1.807) is 6.07 Å². The van der Waals surface area contributed by atoms with Crippen LogP contribution in [0.1, 0.15) is 81.9 Å². The summed E-state index contributed by atoms with van der Waals surface area (Å²) in [6, 6.07) is 3.05. The zero-order valence-corrected chi connectivity index (χ0v) is 17.6. The van der Waals surface area contributed by atoms with Crippen LogP contribution < -0.4 is 0 Å². The highest BCUT2D eigenvalue weighted by Gasteiger charge is 2.31. The number of alkyl halides is 2. The van der Waals surface area contributed by atoms with E-state index >= 15 is 0 Å². The van der Waals surface area contributed by atoms with Crippen molar-refractivity contribution in [2.24, 2.45) is 17.8 Å². The predicted octanol–water partition coefficient (Wildman–Crippen LogP) is 6.45. The molecule has 2 fully saturated rings. The van der Waals surface area contributed by atoms with Gasteiger partial charge < -0.3 is 4.74 Å². The number of ketones is 1. The van der Waals surface area contributed by atoms with E-state index in [1.807, 2.05) is 0 Å². The van der Waals surface area contributed by atoms with E-state index in [1.165, 1.54) is 38.7 Å². The Bertz CT molecular complexity index is 688. The van der Waals surface area contributed by atoms with Gasteiger partial charge in [-0.3, -0.25) is 4.79 Å². The number of hydrogen-bond acceptors (Lipinski definition) is 2. The van der Waals surface area contributed by atoms with E-state index in [-0.39, 0.29) is 17.8 Å². The van der Waals surface area contributed by atoms with Gasteiger partial charge in [-0.15, -0.1) is 0 Å². The first-order chi connectivity index (χ1) is 13.8. The molecule has 2 atom stereocenters. The second-order valence-corrected chi connectivity index (χ2v) is 9.16. The molecular weight excluding hydrogens is 377 g/mol. The van der Waals surface area contributed by atoms with Gasteiger partial charge >= 0.3 is 0 Å². The summed E-state index contributed by atoms with van der Waals surface area (Å²) in [5, 5.41) is 0. The molecule has 5 heteroatoms. The van der Waals surface area contributed by atoms with Gasteiger partial charge in [0.15, 0.2) is 0 Å². The van der Waals surface area contributed by atoms with Crippen molar-refractivity contribution in [3.05, 3.63) is 34.6 Å². The van der Waals surface area contributed by atoms with Crippen LogP contribution in [-0.2, 0) is 22.4 Å². The predicted molar refractivity (Wildman–Crippen MR) is 108 cm³/mol. The lowest BCUT2D eigenvalue weighted by Gasteiger charge is -2.37. The summed E-state index contributed by atoms with van der Waals surface area (Å²) in [7, 11) is 0. The highest BCUT2D eigenvalue weighted by Crippen LogP contribution is 2.37. The van der Waals surface area contributed by atoms with Crippen LogP contribution in [0.2, 0.25) is 0 Å². The van der Waals surface area contributed by atoms with Crippen LogP contribution in [0.25, 0.3) is 0 Å². The summed E-state index contributed by atoms with van der Waals surface area (Å²) in [5.74, 6) is 0.672. The largest absolute Gasteiger partial charge is 0.378 e. The fourth-order valence-electron chi connectivity index (χ4n) is 4.98. The second-order valence-electron chi connectivity index (χ2n) is 9.16. The number of hydrogen-bond donors (Lipinski definition) is 0. The minimum absolute atomic E-state index is 0.0576. The Kier molecular flexibility index (Phi) is 7.78. The van der Waals surface area contributed by atoms with Gasteiger partial charge in [-0.25, -0.2) is 13.2 Å². The molecule has 162 valence electrons. The van der Waals surface area contributed by atoms with Crippen molar-refractivity contribution in [2.45, 2.75) is 84.2 Å². The van der Waals surface area contributed by atoms with Crippen molar-refractivity contribution in [3.8, 4) is 0 Å². The van der Waals surface area contributed by atoms with Crippen LogP contribution in [0.5, 0.6) is 0 Å². The van der Waals surface area contributed by atoms with Crippen molar-refractivity contribution in [1.82, 2.24) is 0 Å². The van der Waals surface area contributed by atoms with Crippen LogP contribution in [-0.4, -0.2) is 18.5 Å². The maximum absolute atomic E-state index is 14.5. The molecule has 1 heterocycles. The summed E-state index contributed by atoms with van der Waals surface area (Å²) in [5.41, 5.74) is -0.120. The van der Waals surface area contributed by atoms with E-state index in [0.717, 1.165) is 25.2 Å². The Morgan fingerprint density at radius 2 is 1.79 bits per heavy atom. The number of aryl methyl sites for hydroxylation is 1. The molecular formula is C24H33F3O2. The number of ether oxygens (including phenoxy) is 1. The third kappa shape index (κ3) is 5.84. The number of rotatable bonds is 7. The average Bonchev–Trinajstić information content (AvgIpc) is 2.68. The minimum Gasteiger partial charge on any atom is -0.378 e. The molecule has 0 aromatic heterocycles. The van der Waals surface area contributed by atoms with Crippen molar-refractivity contribution >= 4 is 5.78 Å². The maximum atomic E-state index is 14.5. The Hall–Kier alpha value is -1.36. The van der Waals surface area contributed by atoms with Gasteiger partial charge in [0.25, 0.3) is 6.43 Å². The zero-order valence-electron chi connectivity index (χ0n) is 17.6. The van der Waals surface area contributed by atoms with Crippen LogP contribution in [0.4, 0.5) is 13.2 Å². The first kappa shape index (κ1) is 22.3. The monoisotopic (exact) mass is 410 g/mol. The quantitative estimate of drug-likeness (QED) is 0.516. The number of Topliss-reactive ketones (excluding diaryl/α,β-unsaturated/α-hetero) is 1. The molecule has 1 aliphatic heterocycles. The molecule has 29 heavy (non-hydrogen) atoms.